The van der Waals surface area contributed by atoms with E-state index in [1.807, 2.05) is 68.4 Å². The Bertz CT molecular complexity index is 1180. The van der Waals surface area contributed by atoms with E-state index in [2.05, 4.69) is 0 Å². The molecule has 5 heteroatoms. The molecule has 2 N–H and O–H groups in total. The number of nitrogens with two attached hydrogens (primary N) is 1. The van der Waals surface area contributed by atoms with Gasteiger partial charge in [0.05, 0.1) is 5.57 Å². The third-order valence-corrected chi connectivity index (χ3v) is 6.15. The Labute approximate surface area is 180 Å². The average molecular weight is 418 g/mol. The van der Waals surface area contributed by atoms with Crippen LogP contribution in [0.2, 0.25) is 0 Å². The lowest BCUT2D eigenvalue weighted by Gasteiger charge is -2.14. The fourth-order valence-electron chi connectivity index (χ4n) is 4.04. The van der Waals surface area contributed by atoms with Gasteiger partial charge in [-0.1, -0.05) is 86.3 Å². The summed E-state index contributed by atoms with van der Waals surface area (Å²) in [5, 5.41) is 2.01. The summed E-state index contributed by atoms with van der Waals surface area (Å²) in [6, 6.07) is 19.2. The number of Topliss-reactive ketones (excluding diaryl/α,β-unsaturated/α-hetero) is 1. The van der Waals surface area contributed by atoms with E-state index in [0.717, 1.165) is 21.9 Å². The van der Waals surface area contributed by atoms with Gasteiger partial charge >= 0.3 is 0 Å². The third-order valence-electron chi connectivity index (χ3n) is 5.38. The molecular weight excluding hydrogens is 394 g/mol. The zero-order valence-corrected chi connectivity index (χ0v) is 17.8. The number of ketones is 1. The lowest BCUT2D eigenvalue weighted by molar-refractivity contribution is -0.120. The quantitative estimate of drug-likeness (QED) is 0.613. The van der Waals surface area contributed by atoms with Gasteiger partial charge < -0.3 is 10.5 Å². The second-order valence-corrected chi connectivity index (χ2v) is 8.31. The molecule has 3 aromatic rings. The fraction of sp³-hybridized carbons (Fsp3) is 0.200. The Balaban J connectivity index is 1.78. The molecule has 4 rings (SSSR count). The molecule has 1 unspecified atom stereocenters. The van der Waals surface area contributed by atoms with Gasteiger partial charge in [-0.2, -0.15) is 0 Å². The summed E-state index contributed by atoms with van der Waals surface area (Å²) in [7, 11) is 0. The minimum Gasteiger partial charge on any atom is -0.462 e. The van der Waals surface area contributed by atoms with Crippen LogP contribution in [-0.4, -0.2) is 16.7 Å². The Morgan fingerprint density at radius 3 is 2.53 bits per heavy atom. The average Bonchev–Trinajstić information content (AvgIpc) is 3.06. The summed E-state index contributed by atoms with van der Waals surface area (Å²) >= 11 is 1.26. The molecule has 0 aromatic heterocycles. The predicted octanol–water partition coefficient (Wildman–Crippen LogP) is 5.26. The van der Waals surface area contributed by atoms with Crippen molar-refractivity contribution in [3.8, 4) is 0 Å². The number of thioether (sulfide) groups is 1. The van der Waals surface area contributed by atoms with Gasteiger partial charge in [0.25, 0.3) is 0 Å². The normalized spacial score (nSPS) is 16.2. The Kier molecular flexibility index (Phi) is 5.64. The standard InChI is InChI=1S/C25H23NO3S/c1-3-16-18(12-8-14-20(16)25(28)30-4-2)21-22(27)23(29-24(21)26)19-13-7-10-15-9-5-6-11-17(15)19/h5-14,23H,3-4,26H2,1-2H3. The molecule has 0 spiro atoms. The topological polar surface area (TPSA) is 69.4 Å². The smallest absolute Gasteiger partial charge is 0.219 e. The van der Waals surface area contributed by atoms with Crippen molar-refractivity contribution < 1.29 is 14.3 Å². The summed E-state index contributed by atoms with van der Waals surface area (Å²) in [6.45, 7) is 3.92. The van der Waals surface area contributed by atoms with Gasteiger partial charge in [0.2, 0.25) is 10.9 Å². The number of fused-ring (bicyclic) bond motifs is 1. The van der Waals surface area contributed by atoms with Gasteiger partial charge in [-0.3, -0.25) is 9.59 Å². The van der Waals surface area contributed by atoms with Gasteiger partial charge in [-0.15, -0.1) is 0 Å². The van der Waals surface area contributed by atoms with Gasteiger partial charge in [0.1, 0.15) is 0 Å². The summed E-state index contributed by atoms with van der Waals surface area (Å²) in [6.07, 6.45) is -0.176. The highest BCUT2D eigenvalue weighted by atomic mass is 32.2. The minimum atomic E-state index is -0.791. The van der Waals surface area contributed by atoms with Crippen LogP contribution in [0.3, 0.4) is 0 Å². The molecule has 0 saturated carbocycles. The van der Waals surface area contributed by atoms with Gasteiger partial charge in [0.15, 0.2) is 12.0 Å². The molecule has 0 radical (unpaired) electrons. The van der Waals surface area contributed by atoms with Crippen LogP contribution in [0.25, 0.3) is 16.3 Å². The number of carbonyl (C=O) groups excluding carboxylic acids is 2. The fourth-order valence-corrected chi connectivity index (χ4v) is 4.65. The van der Waals surface area contributed by atoms with Crippen molar-refractivity contribution in [2.45, 2.75) is 26.4 Å². The van der Waals surface area contributed by atoms with Crippen LogP contribution in [0, 0.1) is 0 Å². The molecule has 1 aliphatic rings. The maximum absolute atomic E-state index is 13.5. The maximum Gasteiger partial charge on any atom is 0.219 e. The van der Waals surface area contributed by atoms with Crippen molar-refractivity contribution in [1.82, 2.24) is 0 Å². The number of carbonyl (C=O) groups is 2. The van der Waals surface area contributed by atoms with Crippen LogP contribution in [-0.2, 0) is 16.0 Å². The predicted molar refractivity (Wildman–Crippen MR) is 122 cm³/mol. The summed E-state index contributed by atoms with van der Waals surface area (Å²) in [4.78, 5) is 26.1. The van der Waals surface area contributed by atoms with E-state index in [9.17, 15) is 9.59 Å². The van der Waals surface area contributed by atoms with Crippen molar-refractivity contribution in [2.75, 3.05) is 5.75 Å². The first-order valence-corrected chi connectivity index (χ1v) is 11.0. The highest BCUT2D eigenvalue weighted by molar-refractivity contribution is 8.14. The molecule has 1 atom stereocenters. The van der Waals surface area contributed by atoms with Crippen LogP contribution in [0.1, 0.15) is 47.0 Å². The van der Waals surface area contributed by atoms with Crippen molar-refractivity contribution in [3.05, 3.63) is 88.8 Å². The van der Waals surface area contributed by atoms with E-state index >= 15 is 0 Å². The van der Waals surface area contributed by atoms with Crippen LogP contribution in [0.5, 0.6) is 0 Å². The molecule has 3 aromatic carbocycles. The molecule has 0 amide bonds. The molecule has 1 aliphatic heterocycles. The van der Waals surface area contributed by atoms with E-state index in [0.29, 0.717) is 28.9 Å². The zero-order valence-electron chi connectivity index (χ0n) is 17.0. The van der Waals surface area contributed by atoms with Crippen molar-refractivity contribution in [1.29, 1.82) is 0 Å². The molecular formula is C25H23NO3S. The number of hydrogen-bond acceptors (Lipinski definition) is 5. The van der Waals surface area contributed by atoms with E-state index in [-0.39, 0.29) is 16.8 Å². The number of benzene rings is 3. The largest absolute Gasteiger partial charge is 0.462 e. The monoisotopic (exact) mass is 417 g/mol. The number of ether oxygens (including phenoxy) is 1. The molecule has 1 heterocycles. The molecule has 4 nitrogen and oxygen atoms in total. The van der Waals surface area contributed by atoms with Crippen molar-refractivity contribution in [2.24, 2.45) is 5.73 Å². The van der Waals surface area contributed by atoms with Crippen LogP contribution < -0.4 is 5.73 Å². The minimum absolute atomic E-state index is 0.00680. The first-order chi connectivity index (χ1) is 14.6. The summed E-state index contributed by atoms with van der Waals surface area (Å²) in [5.41, 5.74) is 9.53. The van der Waals surface area contributed by atoms with Gasteiger partial charge in [-0.25, -0.2) is 0 Å². The van der Waals surface area contributed by atoms with E-state index in [1.165, 1.54) is 11.8 Å². The second kappa shape index (κ2) is 8.36. The molecule has 30 heavy (non-hydrogen) atoms. The maximum atomic E-state index is 13.5. The summed E-state index contributed by atoms with van der Waals surface area (Å²) in [5.74, 6) is 0.633. The number of rotatable bonds is 5. The zero-order chi connectivity index (χ0) is 21.3. The first kappa shape index (κ1) is 20.2. The lowest BCUT2D eigenvalue weighted by atomic mass is 9.89. The SMILES string of the molecule is CCSC(=O)c1cccc(C2=C(N)OC(c3cccc4ccccc34)C2=O)c1CC. The molecule has 152 valence electrons. The third kappa shape index (κ3) is 3.39. The van der Waals surface area contributed by atoms with Crippen LogP contribution >= 0.6 is 11.8 Å². The Morgan fingerprint density at radius 1 is 1.03 bits per heavy atom. The van der Waals surface area contributed by atoms with Crippen molar-refractivity contribution in [3.63, 3.8) is 0 Å². The molecule has 0 bridgehead atoms. The van der Waals surface area contributed by atoms with Crippen LogP contribution in [0.4, 0.5) is 0 Å². The van der Waals surface area contributed by atoms with E-state index in [4.69, 9.17) is 10.5 Å². The van der Waals surface area contributed by atoms with Crippen molar-refractivity contribution >= 4 is 39.0 Å². The molecule has 0 saturated heterocycles. The first-order valence-electron chi connectivity index (χ1n) is 10.0. The second-order valence-electron chi connectivity index (χ2n) is 7.08. The highest BCUT2D eigenvalue weighted by Crippen LogP contribution is 2.40. The van der Waals surface area contributed by atoms with E-state index < -0.39 is 6.10 Å². The van der Waals surface area contributed by atoms with Gasteiger partial charge in [-0.05, 0) is 34.1 Å². The van der Waals surface area contributed by atoms with Gasteiger partial charge in [0, 0.05) is 11.1 Å². The number of hydrogen-bond donors (Lipinski definition) is 1. The molecule has 0 fully saturated rings. The van der Waals surface area contributed by atoms with E-state index in [1.54, 1.807) is 6.07 Å². The summed E-state index contributed by atoms with van der Waals surface area (Å²) < 4.78 is 5.90. The molecule has 0 aliphatic carbocycles. The highest BCUT2D eigenvalue weighted by Gasteiger charge is 2.38. The Hall–Kier alpha value is -3.05. The Morgan fingerprint density at radius 2 is 1.77 bits per heavy atom. The lowest BCUT2D eigenvalue weighted by Crippen LogP contribution is -2.12. The van der Waals surface area contributed by atoms with Crippen LogP contribution in [0.15, 0.2) is 66.5 Å².